The minimum Gasteiger partial charge on any atom is -0.311 e. The van der Waals surface area contributed by atoms with Gasteiger partial charge in [-0.05, 0) is 30.4 Å². The Morgan fingerprint density at radius 1 is 1.35 bits per heavy atom. The average molecular weight is 278 g/mol. The summed E-state index contributed by atoms with van der Waals surface area (Å²) in [6.45, 7) is 9.84. The fourth-order valence-electron chi connectivity index (χ4n) is 3.05. The maximum Gasteiger partial charge on any atom is 0.126 e. The predicted molar refractivity (Wildman–Crippen MR) is 82.4 cm³/mol. The molecule has 2 atom stereocenters. The Kier molecular flexibility index (Phi) is 5.55. The number of nitrogens with zero attached hydrogens (tertiary/aromatic N) is 1. The van der Waals surface area contributed by atoms with Crippen molar-refractivity contribution in [2.75, 3.05) is 19.6 Å². The highest BCUT2D eigenvalue weighted by Gasteiger charge is 2.28. The van der Waals surface area contributed by atoms with Crippen LogP contribution in [0.25, 0.3) is 0 Å². The molecule has 0 spiro atoms. The van der Waals surface area contributed by atoms with Crippen LogP contribution in [0.1, 0.15) is 32.8 Å². The van der Waals surface area contributed by atoms with E-state index < -0.39 is 0 Å². The normalized spacial score (nSPS) is 24.2. The lowest BCUT2D eigenvalue weighted by Gasteiger charge is -2.42. The molecule has 1 aliphatic heterocycles. The Morgan fingerprint density at radius 2 is 2.10 bits per heavy atom. The van der Waals surface area contributed by atoms with Gasteiger partial charge in [0.15, 0.2) is 0 Å². The first-order valence-corrected chi connectivity index (χ1v) is 7.82. The summed E-state index contributed by atoms with van der Waals surface area (Å²) in [6.07, 6.45) is 1.95. The molecule has 0 aliphatic carbocycles. The van der Waals surface area contributed by atoms with Crippen molar-refractivity contribution in [1.29, 1.82) is 0 Å². The zero-order chi connectivity index (χ0) is 14.5. The molecule has 0 aromatic heterocycles. The van der Waals surface area contributed by atoms with E-state index in [2.05, 4.69) is 31.0 Å². The number of hydrogen-bond donors (Lipinski definition) is 1. The van der Waals surface area contributed by atoms with Gasteiger partial charge >= 0.3 is 0 Å². The van der Waals surface area contributed by atoms with Crippen LogP contribution in [0, 0.1) is 11.7 Å². The van der Waals surface area contributed by atoms with Crippen molar-refractivity contribution in [3.05, 3.63) is 35.6 Å². The van der Waals surface area contributed by atoms with Crippen LogP contribution < -0.4 is 5.32 Å². The first-order valence-electron chi connectivity index (χ1n) is 7.82. The second kappa shape index (κ2) is 7.19. The van der Waals surface area contributed by atoms with Crippen LogP contribution >= 0.6 is 0 Å². The first-order chi connectivity index (χ1) is 9.61. The Hall–Kier alpha value is -0.930. The van der Waals surface area contributed by atoms with Crippen LogP contribution in [0.4, 0.5) is 4.39 Å². The van der Waals surface area contributed by atoms with Gasteiger partial charge in [0.25, 0.3) is 0 Å². The molecular formula is C17H27FN2. The number of hydrogen-bond acceptors (Lipinski definition) is 2. The van der Waals surface area contributed by atoms with Crippen molar-refractivity contribution in [2.24, 2.45) is 5.92 Å². The Bertz CT molecular complexity index is 419. The van der Waals surface area contributed by atoms with Gasteiger partial charge in [0.1, 0.15) is 5.82 Å². The largest absolute Gasteiger partial charge is 0.311 e. The van der Waals surface area contributed by atoms with E-state index in [4.69, 9.17) is 0 Å². The van der Waals surface area contributed by atoms with E-state index in [1.165, 1.54) is 0 Å². The highest BCUT2D eigenvalue weighted by Crippen LogP contribution is 2.17. The Labute approximate surface area is 122 Å². The van der Waals surface area contributed by atoms with E-state index in [9.17, 15) is 4.39 Å². The predicted octanol–water partition coefficient (Wildman–Crippen LogP) is 3.08. The standard InChI is InChI=1S/C17H27FN2/c1-4-15-12-20(17(11-19-15)13(2)3)10-9-14-7-5-6-8-16(14)18/h5-8,13,15,17,19H,4,9-12H2,1-3H3. The maximum absolute atomic E-state index is 13.7. The van der Waals surface area contributed by atoms with Gasteiger partial charge in [-0.15, -0.1) is 0 Å². The summed E-state index contributed by atoms with van der Waals surface area (Å²) in [7, 11) is 0. The summed E-state index contributed by atoms with van der Waals surface area (Å²) in [6, 6.07) is 8.27. The van der Waals surface area contributed by atoms with Crippen molar-refractivity contribution in [1.82, 2.24) is 10.2 Å². The van der Waals surface area contributed by atoms with Crippen LogP contribution in [0.3, 0.4) is 0 Å². The summed E-state index contributed by atoms with van der Waals surface area (Å²) < 4.78 is 13.7. The van der Waals surface area contributed by atoms with Crippen LogP contribution in [0.15, 0.2) is 24.3 Å². The van der Waals surface area contributed by atoms with Gasteiger partial charge in [0.2, 0.25) is 0 Å². The molecule has 1 aromatic carbocycles. The third-order valence-electron chi connectivity index (χ3n) is 4.43. The van der Waals surface area contributed by atoms with E-state index in [0.717, 1.165) is 38.0 Å². The molecule has 1 fully saturated rings. The maximum atomic E-state index is 13.7. The second-order valence-electron chi connectivity index (χ2n) is 6.16. The number of benzene rings is 1. The molecule has 2 rings (SSSR count). The van der Waals surface area contributed by atoms with Gasteiger partial charge in [-0.1, -0.05) is 39.0 Å². The van der Waals surface area contributed by atoms with Crippen molar-refractivity contribution in [3.63, 3.8) is 0 Å². The number of nitrogens with one attached hydrogen (secondary N) is 1. The highest BCUT2D eigenvalue weighted by atomic mass is 19.1. The van der Waals surface area contributed by atoms with Crippen LogP contribution in [0.5, 0.6) is 0 Å². The lowest BCUT2D eigenvalue weighted by Crippen LogP contribution is -2.58. The highest BCUT2D eigenvalue weighted by molar-refractivity contribution is 5.17. The van der Waals surface area contributed by atoms with Gasteiger partial charge < -0.3 is 5.32 Å². The van der Waals surface area contributed by atoms with Crippen molar-refractivity contribution in [2.45, 2.75) is 45.7 Å². The summed E-state index contributed by atoms with van der Waals surface area (Å²) in [5, 5.41) is 3.62. The minimum absolute atomic E-state index is 0.0734. The summed E-state index contributed by atoms with van der Waals surface area (Å²) in [5.74, 6) is 0.552. The quantitative estimate of drug-likeness (QED) is 0.890. The molecule has 112 valence electrons. The number of piperazine rings is 1. The van der Waals surface area contributed by atoms with Crippen molar-refractivity contribution < 1.29 is 4.39 Å². The van der Waals surface area contributed by atoms with E-state index in [0.29, 0.717) is 18.0 Å². The fourth-order valence-corrected chi connectivity index (χ4v) is 3.05. The van der Waals surface area contributed by atoms with Gasteiger partial charge in [0, 0.05) is 31.7 Å². The molecule has 0 saturated carbocycles. The number of rotatable bonds is 5. The van der Waals surface area contributed by atoms with Gasteiger partial charge in [0.05, 0.1) is 0 Å². The van der Waals surface area contributed by atoms with E-state index in [1.54, 1.807) is 12.1 Å². The first kappa shape index (κ1) is 15.5. The van der Waals surface area contributed by atoms with Gasteiger partial charge in [-0.25, -0.2) is 4.39 Å². The second-order valence-corrected chi connectivity index (χ2v) is 6.16. The van der Waals surface area contributed by atoms with E-state index in [-0.39, 0.29) is 5.82 Å². The van der Waals surface area contributed by atoms with Crippen molar-refractivity contribution >= 4 is 0 Å². The van der Waals surface area contributed by atoms with Crippen LogP contribution in [-0.4, -0.2) is 36.6 Å². The molecule has 0 radical (unpaired) electrons. The van der Waals surface area contributed by atoms with Crippen molar-refractivity contribution in [3.8, 4) is 0 Å². The fraction of sp³-hybridized carbons (Fsp3) is 0.647. The zero-order valence-electron chi connectivity index (χ0n) is 12.9. The number of halogens is 1. The molecule has 0 bridgehead atoms. The molecule has 1 aromatic rings. The van der Waals surface area contributed by atoms with E-state index in [1.807, 2.05) is 12.1 Å². The molecule has 2 nitrogen and oxygen atoms in total. The molecule has 1 saturated heterocycles. The smallest absolute Gasteiger partial charge is 0.126 e. The van der Waals surface area contributed by atoms with Gasteiger partial charge in [-0.2, -0.15) is 0 Å². The molecular weight excluding hydrogens is 251 g/mol. The lowest BCUT2D eigenvalue weighted by atomic mass is 9.97. The Morgan fingerprint density at radius 3 is 2.75 bits per heavy atom. The summed E-state index contributed by atoms with van der Waals surface area (Å²) in [5.41, 5.74) is 0.835. The topological polar surface area (TPSA) is 15.3 Å². The average Bonchev–Trinajstić information content (AvgIpc) is 2.46. The van der Waals surface area contributed by atoms with Crippen LogP contribution in [0.2, 0.25) is 0 Å². The molecule has 1 N–H and O–H groups in total. The SMILES string of the molecule is CCC1CN(CCc2ccccc2F)C(C(C)C)CN1. The minimum atomic E-state index is -0.0734. The Balaban J connectivity index is 1.98. The molecule has 3 heteroatoms. The van der Waals surface area contributed by atoms with Crippen LogP contribution in [-0.2, 0) is 6.42 Å². The van der Waals surface area contributed by atoms with Gasteiger partial charge in [-0.3, -0.25) is 4.90 Å². The monoisotopic (exact) mass is 278 g/mol. The summed E-state index contributed by atoms with van der Waals surface area (Å²) >= 11 is 0. The molecule has 2 unspecified atom stereocenters. The molecule has 0 amide bonds. The lowest BCUT2D eigenvalue weighted by molar-refractivity contribution is 0.0982. The molecule has 20 heavy (non-hydrogen) atoms. The molecule has 1 heterocycles. The van der Waals surface area contributed by atoms with E-state index >= 15 is 0 Å². The summed E-state index contributed by atoms with van der Waals surface area (Å²) in [4.78, 5) is 2.54. The molecule has 1 aliphatic rings. The third kappa shape index (κ3) is 3.80. The zero-order valence-corrected chi connectivity index (χ0v) is 12.9. The third-order valence-corrected chi connectivity index (χ3v) is 4.43.